The van der Waals surface area contributed by atoms with Gasteiger partial charge >= 0.3 is 24.7 Å². The molecule has 0 aliphatic carbocycles. The molecule has 49 heavy (non-hydrogen) atoms. The van der Waals surface area contributed by atoms with Crippen LogP contribution in [0.4, 0.5) is 72.8 Å². The van der Waals surface area contributed by atoms with Crippen molar-refractivity contribution >= 4 is 45.6 Å². The number of benzene rings is 2. The summed E-state index contributed by atoms with van der Waals surface area (Å²) in [5.74, 6) is -7.93. The second-order valence-corrected chi connectivity index (χ2v) is 12.2. The number of nitrogens with zero attached hydrogens (tertiary/aromatic N) is 4. The van der Waals surface area contributed by atoms with Crippen molar-refractivity contribution in [3.8, 4) is 0 Å². The van der Waals surface area contributed by atoms with E-state index in [1.807, 2.05) is 0 Å². The molecule has 0 aliphatic heterocycles. The van der Waals surface area contributed by atoms with Gasteiger partial charge in [-0.1, -0.05) is 14.9 Å². The third-order valence-electron chi connectivity index (χ3n) is 5.23. The Bertz CT molecular complexity index is 1480. The van der Waals surface area contributed by atoms with E-state index in [-0.39, 0.29) is 30.9 Å². The molecule has 5 nitrogen and oxygen atoms in total. The van der Waals surface area contributed by atoms with Crippen LogP contribution in [0.15, 0.2) is 44.0 Å². The van der Waals surface area contributed by atoms with Gasteiger partial charge in [-0.05, 0) is 49.2 Å². The number of hydrogen-bond donors (Lipinski definition) is 0. The van der Waals surface area contributed by atoms with Crippen molar-refractivity contribution in [2.45, 2.75) is 63.2 Å². The highest BCUT2D eigenvalue weighted by atomic mass is 32.2. The van der Waals surface area contributed by atoms with Crippen LogP contribution >= 0.6 is 11.8 Å². The summed E-state index contributed by atoms with van der Waals surface area (Å²) in [6.45, 7) is 2.57. The first-order chi connectivity index (χ1) is 21.0. The van der Waals surface area contributed by atoms with Gasteiger partial charge in [-0.15, -0.1) is 11.8 Å². The highest BCUT2D eigenvalue weighted by Crippen LogP contribution is 2.35. The molecule has 0 heterocycles. The quantitative estimate of drug-likeness (QED) is 0.127. The van der Waals surface area contributed by atoms with Crippen molar-refractivity contribution in [1.82, 2.24) is 9.80 Å². The van der Waals surface area contributed by atoms with Crippen molar-refractivity contribution in [3.05, 3.63) is 47.0 Å². The lowest BCUT2D eigenvalue weighted by molar-refractivity contribution is -0.106. The Morgan fingerprint density at radius 3 is 1.41 bits per heavy atom. The summed E-state index contributed by atoms with van der Waals surface area (Å²) in [7, 11) is 1.63. The Morgan fingerprint density at radius 1 is 0.673 bits per heavy atom. The number of amidine groups is 2. The molecule has 2 rings (SSSR count). The zero-order valence-electron chi connectivity index (χ0n) is 25.0. The number of halogens is 14. The Kier molecular flexibility index (Phi) is 17.9. The first kappa shape index (κ1) is 48.0. The Balaban J connectivity index is 0. The molecule has 21 heteroatoms. The number of hydrogen-bond acceptors (Lipinski definition) is 4. The minimum absolute atomic E-state index is 0. The van der Waals surface area contributed by atoms with Crippen LogP contribution in [0.25, 0.3) is 0 Å². The third-order valence-corrected chi connectivity index (χ3v) is 7.97. The van der Waals surface area contributed by atoms with Crippen molar-refractivity contribution in [2.24, 2.45) is 9.98 Å². The monoisotopic (exact) mass is 772 g/mol. The predicted molar refractivity (Wildman–Crippen MR) is 164 cm³/mol. The Labute approximate surface area is 280 Å². The van der Waals surface area contributed by atoms with Crippen LogP contribution in [0.2, 0.25) is 0 Å². The zero-order chi connectivity index (χ0) is 36.9. The van der Waals surface area contributed by atoms with Gasteiger partial charge in [-0.25, -0.2) is 18.8 Å². The average molecular weight is 773 g/mol. The Hall–Kier alpha value is -3.10. The van der Waals surface area contributed by atoms with Crippen LogP contribution in [0.5, 0.6) is 0 Å². The molecule has 0 amide bonds. The second kappa shape index (κ2) is 18.2. The Morgan fingerprint density at radius 2 is 1.06 bits per heavy atom. The van der Waals surface area contributed by atoms with Crippen molar-refractivity contribution in [2.75, 3.05) is 39.7 Å². The molecule has 0 aliphatic rings. The van der Waals surface area contributed by atoms with Gasteiger partial charge in [0.05, 0.1) is 16.6 Å². The minimum atomic E-state index is -4.90. The molecule has 0 saturated carbocycles. The van der Waals surface area contributed by atoms with Crippen molar-refractivity contribution in [3.63, 3.8) is 0 Å². The lowest BCUT2D eigenvalue weighted by Crippen LogP contribution is -2.36. The minimum Gasteiger partial charge on any atom is -0.359 e. The molecule has 2 aromatic rings. The molecule has 0 fully saturated rings. The maximum absolute atomic E-state index is 13.8. The summed E-state index contributed by atoms with van der Waals surface area (Å²) in [6, 6.07) is 3.09. The number of thioether (sulfide) groups is 1. The van der Waals surface area contributed by atoms with E-state index in [1.165, 1.54) is 13.8 Å². The van der Waals surface area contributed by atoms with E-state index in [0.717, 1.165) is 40.3 Å². The number of aliphatic imine (C=N–C) groups is 2. The van der Waals surface area contributed by atoms with Crippen LogP contribution in [0, 0.1) is 25.5 Å². The predicted octanol–water partition coefficient (Wildman–Crippen LogP) is 10.2. The van der Waals surface area contributed by atoms with Gasteiger partial charge < -0.3 is 9.80 Å². The molecule has 0 radical (unpaired) electrons. The van der Waals surface area contributed by atoms with Gasteiger partial charge in [0.2, 0.25) is 11.7 Å². The van der Waals surface area contributed by atoms with Gasteiger partial charge in [0.1, 0.15) is 28.8 Å². The fourth-order valence-electron chi connectivity index (χ4n) is 3.30. The van der Waals surface area contributed by atoms with Crippen molar-refractivity contribution in [1.29, 1.82) is 0 Å². The molecule has 0 aromatic heterocycles. The summed E-state index contributed by atoms with van der Waals surface area (Å²) in [5.41, 5.74) is -1.39. The summed E-state index contributed by atoms with van der Waals surface area (Å²) < 4.78 is 190. The molecule has 1 unspecified atom stereocenters. The van der Waals surface area contributed by atoms with Gasteiger partial charge in [-0.2, -0.15) is 52.7 Å². The van der Waals surface area contributed by atoms with Crippen LogP contribution in [-0.2, 0) is 10.8 Å². The molecular weight excluding hydrogens is 738 g/mol. The maximum atomic E-state index is 13.8. The van der Waals surface area contributed by atoms with Gasteiger partial charge in [-0.3, -0.25) is 4.21 Å². The standard InChI is InChI=1S/C13H13F7N2OS.C13H13F7N2S.2CH4/c1-7-4-8(14)9(21-11(22(2)3)13(18,19)20)5-10(7)24(23)6-12(15,16)17;1-7-4-8(14)9(5-10(7)23-6-12(15,16)17)21-11(22(2)3)13(18,19)20;;/h4-5H,6H2,1-3H3;4-5H,6H2,1-3H3;2*1H4. The molecular formula is C28H34F14N4OS2. The molecule has 0 bridgehead atoms. The summed E-state index contributed by atoms with van der Waals surface area (Å²) >= 11 is 0.364. The van der Waals surface area contributed by atoms with E-state index in [0.29, 0.717) is 33.7 Å². The smallest absolute Gasteiger partial charge is 0.359 e. The van der Waals surface area contributed by atoms with E-state index in [1.54, 1.807) is 0 Å². The SMILES string of the molecule is C.C.Cc1cc(F)c(N=C(N(C)C)C(F)(F)F)cc1S(=O)CC(F)(F)F.Cc1cc(F)c(N=C(N(C)C)C(F)(F)F)cc1SCC(F)(F)F. The normalized spacial score (nSPS) is 13.5. The van der Waals surface area contributed by atoms with Gasteiger partial charge in [0.25, 0.3) is 0 Å². The van der Waals surface area contributed by atoms with Crippen LogP contribution in [0.1, 0.15) is 26.0 Å². The number of alkyl halides is 12. The zero-order valence-corrected chi connectivity index (χ0v) is 26.7. The lowest BCUT2D eigenvalue weighted by Gasteiger charge is -2.18. The molecule has 0 N–H and O–H groups in total. The maximum Gasteiger partial charge on any atom is 0.449 e. The lowest BCUT2D eigenvalue weighted by atomic mass is 10.2. The molecule has 282 valence electrons. The first-order valence-electron chi connectivity index (χ1n) is 12.4. The van der Waals surface area contributed by atoms with E-state index < -0.39 is 86.6 Å². The van der Waals surface area contributed by atoms with Crippen LogP contribution < -0.4 is 0 Å². The van der Waals surface area contributed by atoms with E-state index in [2.05, 4.69) is 9.98 Å². The van der Waals surface area contributed by atoms with E-state index in [9.17, 15) is 65.7 Å². The number of rotatable bonds is 6. The van der Waals surface area contributed by atoms with E-state index in [4.69, 9.17) is 0 Å². The fraction of sp³-hybridized carbons (Fsp3) is 0.500. The average Bonchev–Trinajstić information content (AvgIpc) is 2.83. The summed E-state index contributed by atoms with van der Waals surface area (Å²) in [4.78, 5) is 7.20. The fourth-order valence-corrected chi connectivity index (χ4v) is 5.22. The van der Waals surface area contributed by atoms with Gasteiger partial charge in [0.15, 0.2) is 0 Å². The van der Waals surface area contributed by atoms with E-state index >= 15 is 0 Å². The largest absolute Gasteiger partial charge is 0.449 e. The molecule has 1 atom stereocenters. The third kappa shape index (κ3) is 16.0. The summed E-state index contributed by atoms with van der Waals surface area (Å²) in [5, 5.41) is 0. The highest BCUT2D eigenvalue weighted by Gasteiger charge is 2.39. The molecule has 0 spiro atoms. The summed E-state index contributed by atoms with van der Waals surface area (Å²) in [6.07, 6.45) is -18.9. The number of aryl methyl sites for hydroxylation is 2. The van der Waals surface area contributed by atoms with Gasteiger partial charge in [0, 0.05) is 38.0 Å². The second-order valence-electron chi connectivity index (χ2n) is 9.80. The topological polar surface area (TPSA) is 48.3 Å². The van der Waals surface area contributed by atoms with Crippen LogP contribution in [-0.4, -0.2) is 90.1 Å². The first-order valence-corrected chi connectivity index (χ1v) is 14.7. The molecule has 2 aromatic carbocycles. The highest BCUT2D eigenvalue weighted by molar-refractivity contribution is 7.99. The van der Waals surface area contributed by atoms with Crippen molar-refractivity contribution < 1.29 is 65.7 Å². The van der Waals surface area contributed by atoms with Crippen LogP contribution in [0.3, 0.4) is 0 Å². The molecule has 0 saturated heterocycles.